The Morgan fingerprint density at radius 3 is 2.00 bits per heavy atom. The number of rotatable bonds is 6. The molecule has 0 saturated heterocycles. The Kier molecular flexibility index (Phi) is 4.77. The molecule has 0 unspecified atom stereocenters. The van der Waals surface area contributed by atoms with Crippen molar-refractivity contribution in [2.75, 3.05) is 20.5 Å². The van der Waals surface area contributed by atoms with Crippen molar-refractivity contribution in [2.24, 2.45) is 0 Å². The molecule has 0 aliphatic carbocycles. The molecule has 0 spiro atoms. The van der Waals surface area contributed by atoms with E-state index in [0.29, 0.717) is 5.56 Å². The van der Waals surface area contributed by atoms with Gasteiger partial charge in [0.05, 0.1) is 14.2 Å². The van der Waals surface area contributed by atoms with Crippen LogP contribution in [-0.2, 0) is 21.1 Å². The van der Waals surface area contributed by atoms with E-state index >= 15 is 0 Å². The van der Waals surface area contributed by atoms with Gasteiger partial charge >= 0.3 is 5.97 Å². The van der Waals surface area contributed by atoms with E-state index < -0.39 is 15.8 Å². The molecule has 0 saturated carbocycles. The number of methoxy groups -OCH3 is 2. The molecule has 6 nitrogen and oxygen atoms in total. The summed E-state index contributed by atoms with van der Waals surface area (Å²) in [7, 11) is -0.799. The number of hydrogen-bond donors (Lipinski definition) is 1. The van der Waals surface area contributed by atoms with Crippen LogP contribution in [0.2, 0.25) is 0 Å². The summed E-state index contributed by atoms with van der Waals surface area (Å²) in [5.41, 5.74) is 0.642. The van der Waals surface area contributed by atoms with Crippen LogP contribution in [0.1, 0.15) is 12.0 Å². The lowest BCUT2D eigenvalue weighted by Gasteiger charge is -2.13. The summed E-state index contributed by atoms with van der Waals surface area (Å²) < 4.78 is 33.5. The van der Waals surface area contributed by atoms with Gasteiger partial charge in [-0.2, -0.15) is 0 Å². The van der Waals surface area contributed by atoms with Gasteiger partial charge in [-0.15, -0.1) is 0 Å². The van der Waals surface area contributed by atoms with E-state index in [4.69, 9.17) is 14.6 Å². The molecular formula is C12H16O6S. The van der Waals surface area contributed by atoms with Crippen LogP contribution in [0.5, 0.6) is 11.5 Å². The van der Waals surface area contributed by atoms with Gasteiger partial charge in [-0.05, 0) is 24.1 Å². The molecule has 1 aromatic rings. The number of aliphatic carboxylic acids is 1. The minimum atomic E-state index is -3.50. The summed E-state index contributed by atoms with van der Waals surface area (Å²) in [6.07, 6.45) is 1.28. The third kappa shape index (κ3) is 3.85. The zero-order valence-electron chi connectivity index (χ0n) is 11.0. The van der Waals surface area contributed by atoms with Gasteiger partial charge in [0.2, 0.25) is 0 Å². The molecule has 0 aromatic heterocycles. The smallest absolute Gasteiger partial charge is 0.303 e. The molecule has 0 fully saturated rings. The van der Waals surface area contributed by atoms with Crippen LogP contribution < -0.4 is 9.47 Å². The average molecular weight is 288 g/mol. The third-order valence-electron chi connectivity index (χ3n) is 2.52. The predicted octanol–water partition coefficient (Wildman–Crippen LogP) is 1.12. The Bertz CT molecular complexity index is 551. The highest BCUT2D eigenvalue weighted by atomic mass is 32.2. The summed E-state index contributed by atoms with van der Waals surface area (Å²) in [5, 5.41) is 8.65. The normalized spacial score (nSPS) is 11.1. The Morgan fingerprint density at radius 1 is 1.21 bits per heavy atom. The van der Waals surface area contributed by atoms with Crippen LogP contribution in [0.15, 0.2) is 17.0 Å². The lowest BCUT2D eigenvalue weighted by molar-refractivity contribution is -0.136. The van der Waals surface area contributed by atoms with Crippen molar-refractivity contribution in [3.63, 3.8) is 0 Å². The van der Waals surface area contributed by atoms with Gasteiger partial charge in [-0.25, -0.2) is 8.42 Å². The third-order valence-corrected chi connectivity index (χ3v) is 3.66. The first-order valence-corrected chi connectivity index (χ1v) is 7.35. The summed E-state index contributed by atoms with van der Waals surface area (Å²) in [6, 6.07) is 3.03. The predicted molar refractivity (Wildman–Crippen MR) is 68.6 cm³/mol. The largest absolute Gasteiger partial charge is 0.495 e. The van der Waals surface area contributed by atoms with Crippen molar-refractivity contribution in [1.82, 2.24) is 0 Å². The van der Waals surface area contributed by atoms with Crippen molar-refractivity contribution < 1.29 is 27.8 Å². The first-order valence-electron chi connectivity index (χ1n) is 5.46. The topological polar surface area (TPSA) is 89.9 Å². The Balaban J connectivity index is 3.32. The molecule has 1 aromatic carbocycles. The van der Waals surface area contributed by atoms with Crippen LogP contribution in [-0.4, -0.2) is 40.0 Å². The Hall–Kier alpha value is -1.76. The van der Waals surface area contributed by atoms with Crippen LogP contribution in [0.4, 0.5) is 0 Å². The van der Waals surface area contributed by atoms with Crippen LogP contribution in [0.3, 0.4) is 0 Å². The van der Waals surface area contributed by atoms with E-state index in [0.717, 1.165) is 6.26 Å². The molecule has 0 amide bonds. The number of carbonyl (C=O) groups is 1. The quantitative estimate of drug-likeness (QED) is 0.843. The maximum Gasteiger partial charge on any atom is 0.303 e. The van der Waals surface area contributed by atoms with Crippen LogP contribution in [0, 0.1) is 0 Å². The lowest BCUT2D eigenvalue weighted by Crippen LogP contribution is -2.06. The summed E-state index contributed by atoms with van der Waals surface area (Å²) >= 11 is 0. The first kappa shape index (κ1) is 15.3. The second kappa shape index (κ2) is 5.92. The average Bonchev–Trinajstić information content (AvgIpc) is 2.33. The molecular weight excluding hydrogens is 272 g/mol. The van der Waals surface area contributed by atoms with E-state index in [9.17, 15) is 13.2 Å². The fourth-order valence-corrected chi connectivity index (χ4v) is 2.71. The minimum absolute atomic E-state index is 0.0309. The van der Waals surface area contributed by atoms with Gasteiger partial charge in [-0.3, -0.25) is 4.79 Å². The van der Waals surface area contributed by atoms with E-state index in [1.165, 1.54) is 26.4 Å². The van der Waals surface area contributed by atoms with Crippen molar-refractivity contribution in [3.8, 4) is 11.5 Å². The van der Waals surface area contributed by atoms with Gasteiger partial charge in [0, 0.05) is 12.7 Å². The van der Waals surface area contributed by atoms with Crippen molar-refractivity contribution in [1.29, 1.82) is 0 Å². The number of ether oxygens (including phenoxy) is 2. The zero-order chi connectivity index (χ0) is 14.6. The molecule has 0 bridgehead atoms. The van der Waals surface area contributed by atoms with Crippen molar-refractivity contribution in [2.45, 2.75) is 17.7 Å². The maximum absolute atomic E-state index is 11.7. The molecule has 106 valence electrons. The molecule has 0 aliphatic rings. The first-order chi connectivity index (χ1) is 8.79. The van der Waals surface area contributed by atoms with E-state index in [-0.39, 0.29) is 29.2 Å². The standard InChI is InChI=1S/C12H16O6S/c1-17-9-6-8(4-5-11(13)14)7-10(18-2)12(9)19(3,15)16/h6-7H,4-5H2,1-3H3,(H,13,14). The van der Waals surface area contributed by atoms with Gasteiger partial charge in [0.15, 0.2) is 14.7 Å². The van der Waals surface area contributed by atoms with E-state index in [1.807, 2.05) is 0 Å². The number of hydrogen-bond acceptors (Lipinski definition) is 5. The second-order valence-electron chi connectivity index (χ2n) is 4.00. The van der Waals surface area contributed by atoms with Crippen LogP contribution >= 0.6 is 0 Å². The number of aryl methyl sites for hydroxylation is 1. The molecule has 19 heavy (non-hydrogen) atoms. The molecule has 1 N–H and O–H groups in total. The highest BCUT2D eigenvalue weighted by Gasteiger charge is 2.21. The summed E-state index contributed by atoms with van der Waals surface area (Å²) in [4.78, 5) is 10.5. The molecule has 7 heteroatoms. The molecule has 0 heterocycles. The van der Waals surface area contributed by atoms with E-state index in [2.05, 4.69) is 0 Å². The highest BCUT2D eigenvalue weighted by molar-refractivity contribution is 7.91. The fraction of sp³-hybridized carbons (Fsp3) is 0.417. The van der Waals surface area contributed by atoms with Crippen molar-refractivity contribution >= 4 is 15.8 Å². The van der Waals surface area contributed by atoms with Gasteiger partial charge in [-0.1, -0.05) is 0 Å². The zero-order valence-corrected chi connectivity index (χ0v) is 11.8. The number of carboxylic acids is 1. The number of benzene rings is 1. The SMILES string of the molecule is COc1cc(CCC(=O)O)cc(OC)c1S(C)(=O)=O. The molecule has 0 aliphatic heterocycles. The van der Waals surface area contributed by atoms with Gasteiger partial charge in [0.1, 0.15) is 11.5 Å². The van der Waals surface area contributed by atoms with Crippen molar-refractivity contribution in [3.05, 3.63) is 17.7 Å². The minimum Gasteiger partial charge on any atom is -0.495 e. The Labute approximate surface area is 111 Å². The van der Waals surface area contributed by atoms with Gasteiger partial charge < -0.3 is 14.6 Å². The maximum atomic E-state index is 11.7. The monoisotopic (exact) mass is 288 g/mol. The highest BCUT2D eigenvalue weighted by Crippen LogP contribution is 2.35. The Morgan fingerprint density at radius 2 is 1.68 bits per heavy atom. The molecule has 1 rings (SSSR count). The van der Waals surface area contributed by atoms with E-state index in [1.54, 1.807) is 0 Å². The lowest BCUT2D eigenvalue weighted by atomic mass is 10.1. The molecule has 0 radical (unpaired) electrons. The summed E-state index contributed by atoms with van der Waals surface area (Å²) in [5.74, 6) is -0.616. The van der Waals surface area contributed by atoms with Gasteiger partial charge in [0.25, 0.3) is 0 Å². The fourth-order valence-electron chi connectivity index (χ4n) is 1.70. The van der Waals surface area contributed by atoms with Crippen LogP contribution in [0.25, 0.3) is 0 Å². The number of sulfone groups is 1. The second-order valence-corrected chi connectivity index (χ2v) is 5.95. The molecule has 0 atom stereocenters. The summed E-state index contributed by atoms with van der Waals surface area (Å²) in [6.45, 7) is 0. The number of carboxylic acid groups (broad SMARTS) is 1.